The monoisotopic (exact) mass is 1660 g/mol. The molecule has 1 aromatic heterocycles. The molecule has 28 heteroatoms. The van der Waals surface area contributed by atoms with E-state index in [0.29, 0.717) is 97.1 Å². The third-order valence-corrected chi connectivity index (χ3v) is 20.5. The van der Waals surface area contributed by atoms with Crippen molar-refractivity contribution >= 4 is 67.2 Å². The molecule has 4 aliphatic rings. The van der Waals surface area contributed by atoms with E-state index in [0.717, 1.165) is 5.32 Å². The van der Waals surface area contributed by atoms with Crippen molar-refractivity contribution in [3.63, 3.8) is 0 Å². The van der Waals surface area contributed by atoms with Crippen LogP contribution in [0.3, 0.4) is 0 Å². The van der Waals surface area contributed by atoms with Gasteiger partial charge in [0.1, 0.15) is 5.57 Å². The van der Waals surface area contributed by atoms with E-state index < -0.39 is 296 Å². The van der Waals surface area contributed by atoms with Crippen molar-refractivity contribution in [3.05, 3.63) is 447 Å². The number of H-pyrrole nitrogens is 1. The van der Waals surface area contributed by atoms with Crippen LogP contribution in [-0.2, 0) is 0 Å². The van der Waals surface area contributed by atoms with Crippen molar-refractivity contribution in [2.75, 3.05) is 0 Å². The van der Waals surface area contributed by atoms with Gasteiger partial charge in [-0.1, -0.05) is 121 Å². The van der Waals surface area contributed by atoms with Crippen LogP contribution < -0.4 is 21.0 Å². The van der Waals surface area contributed by atoms with Gasteiger partial charge in [0.05, 0.1) is 55.5 Å². The molecule has 4 nitrogen and oxygen atoms in total. The Balaban J connectivity index is 1.29. The molecule has 4 N–H and O–H groups in total. The quantitative estimate of drug-likeness (QED) is 0.0807. The second-order valence-electron chi connectivity index (χ2n) is 27.5. The number of allylic oxidation sites excluding steroid dienone is 8. The van der Waals surface area contributed by atoms with Gasteiger partial charge in [0.15, 0.2) is 151 Å². The van der Waals surface area contributed by atoms with Gasteiger partial charge in [0.25, 0.3) is 0 Å². The number of rotatable bonds is 12. The summed E-state index contributed by atoms with van der Waals surface area (Å²) in [6.07, 6.45) is 0. The van der Waals surface area contributed by atoms with Gasteiger partial charge in [-0.25, -0.2) is 115 Å². The van der Waals surface area contributed by atoms with Crippen molar-refractivity contribution in [3.8, 4) is 22.3 Å². The fourth-order valence-electron chi connectivity index (χ4n) is 15.5. The molecule has 120 heavy (non-hydrogen) atoms. The number of aliphatic imine (C=N–C) groups is 1. The Morgan fingerprint density at radius 2 is 0.458 bits per heavy atom. The summed E-state index contributed by atoms with van der Waals surface area (Å²) in [5.41, 5.74) is -23.4. The van der Waals surface area contributed by atoms with Crippen LogP contribution in [0.5, 0.6) is 0 Å². The first kappa shape index (κ1) is 78.3. The predicted molar refractivity (Wildman–Crippen MR) is 396 cm³/mol. The maximum atomic E-state index is 17.0. The summed E-state index contributed by atoms with van der Waals surface area (Å²) in [6, 6.07) is 30.5. The molecule has 12 aromatic carbocycles. The number of aromatic nitrogens is 1. The molecule has 0 atom stereocenters. The van der Waals surface area contributed by atoms with Gasteiger partial charge in [-0.15, -0.1) is 0 Å². The number of hydrogen-bond donors (Lipinski definition) is 3. The van der Waals surface area contributed by atoms with E-state index in [9.17, 15) is 0 Å². The normalized spacial score (nSPS) is 14.3. The molecule has 594 valence electrons. The summed E-state index contributed by atoms with van der Waals surface area (Å²) >= 11 is 0. The summed E-state index contributed by atoms with van der Waals surface area (Å²) in [4.78, 5) is 11.5. The molecular formula is C92H40F24N4+2. The lowest BCUT2D eigenvalue weighted by Crippen LogP contribution is -2.79. The zero-order valence-electron chi connectivity index (χ0n) is 59.9. The number of nitrogens with zero attached hydrogens (tertiary/aromatic N) is 1. The minimum Gasteiger partial charge on any atom is -0.353 e. The zero-order valence-corrected chi connectivity index (χ0v) is 59.9. The van der Waals surface area contributed by atoms with Crippen LogP contribution in [0.25, 0.3) is 78.0 Å². The largest absolute Gasteiger partial charge is 0.353 e. The molecule has 17 rings (SSSR count). The number of nitrogens with two attached hydrogens (primary N) is 1. The zero-order chi connectivity index (χ0) is 84.6. The molecule has 0 saturated carbocycles. The average molecular weight is 1660 g/mol. The Hall–Kier alpha value is -14.3. The van der Waals surface area contributed by atoms with Crippen LogP contribution >= 0.6 is 0 Å². The third-order valence-electron chi connectivity index (χ3n) is 20.5. The lowest BCUT2D eigenvalue weighted by Gasteiger charge is -2.18. The van der Waals surface area contributed by atoms with Crippen molar-refractivity contribution in [1.82, 2.24) is 4.98 Å². The van der Waals surface area contributed by atoms with Crippen LogP contribution in [0, 0.1) is 140 Å². The predicted octanol–water partition coefficient (Wildman–Crippen LogP) is 20.5. The van der Waals surface area contributed by atoms with Gasteiger partial charge in [-0.3, -0.25) is 5.32 Å². The van der Waals surface area contributed by atoms with Crippen LogP contribution in [-0.4, -0.2) is 16.4 Å². The molecule has 1 aliphatic carbocycles. The van der Waals surface area contributed by atoms with Gasteiger partial charge < -0.3 is 4.98 Å². The molecule has 0 radical (unpaired) electrons. The topological polar surface area (TPSA) is 58.7 Å². The number of hydrogen-bond acceptors (Lipinski definition) is 1. The molecule has 8 bridgehead atoms. The lowest BCUT2D eigenvalue weighted by atomic mass is 9.83. The highest BCUT2D eigenvalue weighted by Crippen LogP contribution is 2.53. The SMILES string of the molecule is Fc1cc(C2=C3[NH2+]C(=C2c2cc(F)c(F)c(F)c2)C(c2ccccc2)=C2[NH+]=C(C(c4cc(F)c(F)c(F)c4)=C2c2cc(F)c(F)c(F)c2)C(c2ccccc2)=c2[nH]c(c(-c4cc(F)c(F)c(F)c4)c2-c2cc(F)c(F)c(F)c2)=C(c2ccccc2)C2=NC(=C3c3ccccc3)C(c3cc(F)c(F)c(F)c3)=C2c2cc(F)c(F)c(F)c2)cc(F)c1F. The summed E-state index contributed by atoms with van der Waals surface area (Å²) < 4.78 is 400. The Morgan fingerprint density at radius 3 is 0.783 bits per heavy atom. The molecule has 0 saturated heterocycles. The highest BCUT2D eigenvalue weighted by atomic mass is 19.2. The number of quaternary nitrogens is 1. The van der Waals surface area contributed by atoms with Crippen molar-refractivity contribution in [1.29, 1.82) is 0 Å². The lowest BCUT2D eigenvalue weighted by molar-refractivity contribution is -0.536. The second-order valence-corrected chi connectivity index (χ2v) is 27.5. The molecule has 4 heterocycles. The van der Waals surface area contributed by atoms with E-state index in [1.165, 1.54) is 121 Å². The number of fused-ring (bicyclic) bond motifs is 8. The number of aromatic amines is 1. The van der Waals surface area contributed by atoms with E-state index in [2.05, 4.69) is 9.98 Å². The molecular weight excluding hydrogens is 1620 g/mol. The van der Waals surface area contributed by atoms with Crippen molar-refractivity contribution in [2.24, 2.45) is 4.99 Å². The van der Waals surface area contributed by atoms with Gasteiger partial charge >= 0.3 is 0 Å². The Bertz CT molecular complexity index is 6520. The van der Waals surface area contributed by atoms with E-state index in [1.807, 2.05) is 0 Å². The Labute approximate surface area is 659 Å². The maximum Gasteiger partial charge on any atom is 0.226 e. The van der Waals surface area contributed by atoms with Gasteiger partial charge in [-0.05, 0) is 164 Å². The van der Waals surface area contributed by atoms with Gasteiger partial charge in [-0.2, -0.15) is 0 Å². The minimum atomic E-state index is -2.20. The van der Waals surface area contributed by atoms with Crippen LogP contribution in [0.15, 0.2) is 246 Å². The third kappa shape index (κ3) is 13.0. The first-order chi connectivity index (χ1) is 57.5. The van der Waals surface area contributed by atoms with Crippen molar-refractivity contribution < 1.29 is 116 Å². The van der Waals surface area contributed by atoms with E-state index in [4.69, 9.17) is 4.99 Å². The summed E-state index contributed by atoms with van der Waals surface area (Å²) in [5.74, 6) is -50.5. The number of benzene rings is 12. The van der Waals surface area contributed by atoms with Crippen LogP contribution in [0.4, 0.5) is 105 Å². The minimum absolute atomic E-state index is 0.299. The second kappa shape index (κ2) is 30.0. The first-order valence-corrected chi connectivity index (χ1v) is 35.4. The molecule has 0 spiro atoms. The maximum absolute atomic E-state index is 17.0. The van der Waals surface area contributed by atoms with Crippen LogP contribution in [0.2, 0.25) is 0 Å². The van der Waals surface area contributed by atoms with Crippen LogP contribution in [0.1, 0.15) is 55.6 Å². The molecule has 0 amide bonds. The fourth-order valence-corrected chi connectivity index (χ4v) is 15.5. The summed E-state index contributed by atoms with van der Waals surface area (Å²) in [6.45, 7) is 0. The molecule has 0 fully saturated rings. The Morgan fingerprint density at radius 1 is 0.217 bits per heavy atom. The average Bonchev–Trinajstić information content (AvgIpc) is 1.54. The molecule has 3 aliphatic heterocycles. The standard InChI is InChI=1S/C92H38F24N4/c93-49-21-41(22-50(94)77(49)109)65-67(43-25-53(97)79(111)54(98)26-43)87-74(38-15-7-2-8-16-38)89-69(45-29-57(101)81(113)58(102)30-45)71(47-33-61(105)83(115)62(106)34-47)91(119-89)76(40-19-11-4-12-20-40)92-72(48-35-63(107)84(116)64(108)36-48)70(46-31-59(103)82(114)60(104)32-46)90(120-92)75(39-17-9-3-10-18-39)88-68(44-27-55(99)80(112)56(100)28-44)66(42-23-51(95)78(110)52(96)24-42)86(118-88)73(85(65)117-87)37-13-5-1-6-14-37/h1-36,117,120H/p+2. The van der Waals surface area contributed by atoms with E-state index in [-0.39, 0.29) is 22.3 Å². The summed E-state index contributed by atoms with van der Waals surface area (Å²) in [7, 11) is 0. The Kier molecular flexibility index (Phi) is 19.6. The number of nitrogens with one attached hydrogen (secondary N) is 2. The van der Waals surface area contributed by atoms with Gasteiger partial charge in [0, 0.05) is 27.8 Å². The highest BCUT2D eigenvalue weighted by molar-refractivity contribution is 6.52. The van der Waals surface area contributed by atoms with Gasteiger partial charge in [0.2, 0.25) is 11.4 Å². The summed E-state index contributed by atoms with van der Waals surface area (Å²) in [5, 5.41) is -0.645. The van der Waals surface area contributed by atoms with E-state index >= 15 is 105 Å². The first-order valence-electron chi connectivity index (χ1n) is 35.4. The van der Waals surface area contributed by atoms with Crippen molar-refractivity contribution in [2.45, 2.75) is 0 Å². The molecule has 0 unspecified atom stereocenters. The van der Waals surface area contributed by atoms with E-state index in [1.54, 1.807) is 0 Å². The highest BCUT2D eigenvalue weighted by Gasteiger charge is 2.48. The molecule has 13 aromatic rings. The number of halogens is 24. The fraction of sp³-hybridized carbons (Fsp3) is 0. The smallest absolute Gasteiger partial charge is 0.226 e.